The number of amides is 1. The van der Waals surface area contributed by atoms with Gasteiger partial charge in [-0.15, -0.1) is 0 Å². The second-order valence-corrected chi connectivity index (χ2v) is 4.39. The molecule has 20 heavy (non-hydrogen) atoms. The quantitative estimate of drug-likeness (QED) is 0.671. The summed E-state index contributed by atoms with van der Waals surface area (Å²) in [5.41, 5.74) is 0.337. The van der Waals surface area contributed by atoms with Gasteiger partial charge in [0.15, 0.2) is 0 Å². The molecule has 112 valence electrons. The Morgan fingerprint density at radius 1 is 1.00 bits per heavy atom. The molecule has 0 aliphatic carbocycles. The lowest BCUT2D eigenvalue weighted by molar-refractivity contribution is -0.260. The zero-order valence-corrected chi connectivity index (χ0v) is 10.4. The standard InChI is InChI=1S/C11H8ClF6NO/c12-9(10(13,14)15,11(16,17)18)8(20)19-6-7-4-2-1-3-5-7/h1-5H,6H2,(H,19,20). The molecule has 0 saturated heterocycles. The molecular weight excluding hydrogens is 312 g/mol. The Morgan fingerprint density at radius 2 is 1.45 bits per heavy atom. The van der Waals surface area contributed by atoms with Crippen LogP contribution >= 0.6 is 11.6 Å². The second-order valence-electron chi connectivity index (χ2n) is 3.82. The molecule has 0 unspecified atom stereocenters. The summed E-state index contributed by atoms with van der Waals surface area (Å²) in [4.78, 5) is 6.29. The molecular formula is C11H8ClF6NO. The van der Waals surface area contributed by atoms with E-state index in [1.165, 1.54) is 24.3 Å². The Hall–Kier alpha value is -1.44. The van der Waals surface area contributed by atoms with E-state index in [1.807, 2.05) is 0 Å². The highest BCUT2D eigenvalue weighted by Gasteiger charge is 2.75. The molecule has 1 N–H and O–H groups in total. The lowest BCUT2D eigenvalue weighted by Gasteiger charge is -2.30. The summed E-state index contributed by atoms with van der Waals surface area (Å²) in [6.07, 6.45) is -11.9. The first-order chi connectivity index (χ1) is 9.00. The van der Waals surface area contributed by atoms with Gasteiger partial charge >= 0.3 is 17.2 Å². The number of benzene rings is 1. The van der Waals surface area contributed by atoms with Gasteiger partial charge in [-0.3, -0.25) is 4.79 Å². The van der Waals surface area contributed by atoms with Gasteiger partial charge in [0.1, 0.15) is 0 Å². The van der Waals surface area contributed by atoms with Crippen molar-refractivity contribution in [3.05, 3.63) is 35.9 Å². The van der Waals surface area contributed by atoms with Crippen molar-refractivity contribution >= 4 is 17.5 Å². The average Bonchev–Trinajstić information content (AvgIpc) is 2.33. The molecule has 0 atom stereocenters. The molecule has 1 aromatic rings. The van der Waals surface area contributed by atoms with Crippen molar-refractivity contribution in [1.82, 2.24) is 5.32 Å². The van der Waals surface area contributed by atoms with Crippen LogP contribution in [0.2, 0.25) is 0 Å². The Kier molecular flexibility index (Phi) is 4.58. The van der Waals surface area contributed by atoms with Gasteiger partial charge in [0, 0.05) is 6.54 Å². The molecule has 0 bridgehead atoms. The van der Waals surface area contributed by atoms with Crippen LogP contribution in [0, 0.1) is 0 Å². The maximum Gasteiger partial charge on any atom is 0.425 e. The summed E-state index contributed by atoms with van der Waals surface area (Å²) in [5.74, 6) is -2.36. The minimum Gasteiger partial charge on any atom is -0.350 e. The second kappa shape index (κ2) is 5.51. The van der Waals surface area contributed by atoms with E-state index in [9.17, 15) is 31.1 Å². The fourth-order valence-corrected chi connectivity index (χ4v) is 1.38. The van der Waals surface area contributed by atoms with E-state index in [0.29, 0.717) is 5.56 Å². The molecule has 1 amide bonds. The molecule has 0 aliphatic heterocycles. The molecule has 0 radical (unpaired) electrons. The number of alkyl halides is 7. The maximum atomic E-state index is 12.5. The van der Waals surface area contributed by atoms with Gasteiger partial charge in [0.2, 0.25) is 0 Å². The van der Waals surface area contributed by atoms with Gasteiger partial charge in [-0.2, -0.15) is 26.3 Å². The Bertz CT molecular complexity index is 456. The number of carbonyl (C=O) groups is 1. The van der Waals surface area contributed by atoms with Crippen molar-refractivity contribution in [3.8, 4) is 0 Å². The summed E-state index contributed by atoms with van der Waals surface area (Å²) in [6.45, 7) is -0.500. The molecule has 1 aromatic carbocycles. The molecule has 1 rings (SSSR count). The van der Waals surface area contributed by atoms with Gasteiger partial charge in [-0.1, -0.05) is 41.9 Å². The third-order valence-corrected chi connectivity index (χ3v) is 2.99. The predicted octanol–water partition coefficient (Wildman–Crippen LogP) is 3.41. The van der Waals surface area contributed by atoms with Crippen LogP contribution in [-0.2, 0) is 11.3 Å². The Labute approximate surface area is 114 Å². The third kappa shape index (κ3) is 3.17. The number of nitrogens with one attached hydrogen (secondary N) is 1. The van der Waals surface area contributed by atoms with Crippen molar-refractivity contribution in [2.75, 3.05) is 0 Å². The van der Waals surface area contributed by atoms with Crippen LogP contribution < -0.4 is 5.32 Å². The highest BCUT2D eigenvalue weighted by atomic mass is 35.5. The predicted molar refractivity (Wildman–Crippen MR) is 59.0 cm³/mol. The van der Waals surface area contributed by atoms with Gasteiger partial charge in [-0.05, 0) is 5.56 Å². The normalized spacial score (nSPS) is 13.2. The van der Waals surface area contributed by atoms with Crippen LogP contribution in [0.5, 0.6) is 0 Å². The van der Waals surface area contributed by atoms with Gasteiger partial charge < -0.3 is 5.32 Å². The summed E-state index contributed by atoms with van der Waals surface area (Å²) in [5, 5.41) is 1.54. The fraction of sp³-hybridized carbons (Fsp3) is 0.364. The summed E-state index contributed by atoms with van der Waals surface area (Å²) >= 11 is 4.55. The monoisotopic (exact) mass is 319 g/mol. The van der Waals surface area contributed by atoms with Gasteiger partial charge in [0.25, 0.3) is 5.91 Å². The molecule has 9 heteroatoms. The number of hydrogen-bond donors (Lipinski definition) is 1. The van der Waals surface area contributed by atoms with E-state index >= 15 is 0 Å². The summed E-state index contributed by atoms with van der Waals surface area (Å²) < 4.78 is 74.8. The van der Waals surface area contributed by atoms with Crippen molar-refractivity contribution in [2.24, 2.45) is 0 Å². The van der Waals surface area contributed by atoms with Crippen LogP contribution in [0.15, 0.2) is 30.3 Å². The minimum absolute atomic E-state index is 0.337. The number of rotatable bonds is 3. The Morgan fingerprint density at radius 3 is 1.85 bits per heavy atom. The maximum absolute atomic E-state index is 12.5. The van der Waals surface area contributed by atoms with Gasteiger partial charge in [0.05, 0.1) is 0 Å². The molecule has 0 fully saturated rings. The largest absolute Gasteiger partial charge is 0.425 e. The van der Waals surface area contributed by atoms with Crippen molar-refractivity contribution in [1.29, 1.82) is 0 Å². The van der Waals surface area contributed by atoms with Crippen LogP contribution in [0.3, 0.4) is 0 Å². The third-order valence-electron chi connectivity index (χ3n) is 2.39. The van der Waals surface area contributed by atoms with Gasteiger partial charge in [-0.25, -0.2) is 0 Å². The van der Waals surface area contributed by atoms with E-state index in [4.69, 9.17) is 0 Å². The molecule has 0 spiro atoms. The van der Waals surface area contributed by atoms with Crippen LogP contribution in [-0.4, -0.2) is 23.1 Å². The number of carbonyl (C=O) groups excluding carboxylic acids is 1. The molecule has 0 heterocycles. The van der Waals surface area contributed by atoms with Crippen molar-refractivity contribution in [2.45, 2.75) is 23.8 Å². The summed E-state index contributed by atoms with van der Waals surface area (Å²) in [7, 11) is 0. The highest BCUT2D eigenvalue weighted by molar-refractivity contribution is 6.36. The average molecular weight is 320 g/mol. The van der Waals surface area contributed by atoms with Crippen LogP contribution in [0.25, 0.3) is 0 Å². The molecule has 0 aliphatic rings. The zero-order chi connectivity index (χ0) is 15.6. The first-order valence-electron chi connectivity index (χ1n) is 5.14. The fourth-order valence-electron chi connectivity index (χ4n) is 1.32. The lowest BCUT2D eigenvalue weighted by Crippen LogP contribution is -2.61. The first-order valence-corrected chi connectivity index (χ1v) is 5.52. The van der Waals surface area contributed by atoms with E-state index < -0.39 is 29.7 Å². The van der Waals surface area contributed by atoms with E-state index in [-0.39, 0.29) is 0 Å². The number of halogens is 7. The topological polar surface area (TPSA) is 29.1 Å². The van der Waals surface area contributed by atoms with Crippen molar-refractivity contribution in [3.63, 3.8) is 0 Å². The van der Waals surface area contributed by atoms with E-state index in [1.54, 1.807) is 11.4 Å². The zero-order valence-electron chi connectivity index (χ0n) is 9.65. The van der Waals surface area contributed by atoms with Crippen molar-refractivity contribution < 1.29 is 31.1 Å². The smallest absolute Gasteiger partial charge is 0.350 e. The molecule has 0 saturated carbocycles. The number of hydrogen-bond acceptors (Lipinski definition) is 1. The van der Waals surface area contributed by atoms with Crippen LogP contribution in [0.4, 0.5) is 26.3 Å². The molecule has 2 nitrogen and oxygen atoms in total. The molecule has 0 aromatic heterocycles. The van der Waals surface area contributed by atoms with E-state index in [0.717, 1.165) is 0 Å². The minimum atomic E-state index is -5.96. The Balaban J connectivity index is 2.92. The lowest BCUT2D eigenvalue weighted by atomic mass is 10.1. The van der Waals surface area contributed by atoms with E-state index in [2.05, 4.69) is 11.6 Å². The SMILES string of the molecule is O=C(NCc1ccccc1)C(Cl)(C(F)(F)F)C(F)(F)F. The first kappa shape index (κ1) is 16.6. The highest BCUT2D eigenvalue weighted by Crippen LogP contribution is 2.48. The summed E-state index contributed by atoms with van der Waals surface area (Å²) in [6, 6.07) is 7.49. The van der Waals surface area contributed by atoms with Crippen LogP contribution in [0.1, 0.15) is 5.56 Å².